The van der Waals surface area contributed by atoms with E-state index in [0.717, 1.165) is 0 Å². The number of benzene rings is 2. The fourth-order valence-electron chi connectivity index (χ4n) is 1.73. The molecule has 4 nitrogen and oxygen atoms in total. The van der Waals surface area contributed by atoms with E-state index in [2.05, 4.69) is 5.32 Å². The van der Waals surface area contributed by atoms with Crippen molar-refractivity contribution in [2.75, 3.05) is 0 Å². The molecule has 2 aromatic rings. The SMILES string of the molecule is O=C(O)/C(=C/c1ccccc1)NC(=O)c1ccc(Cl)cc1Cl. The molecule has 6 heteroatoms. The molecule has 0 aliphatic heterocycles. The van der Waals surface area contributed by atoms with E-state index in [1.807, 2.05) is 6.07 Å². The number of hydrogen-bond acceptors (Lipinski definition) is 2. The summed E-state index contributed by atoms with van der Waals surface area (Å²) < 4.78 is 0. The average Bonchev–Trinajstić information content (AvgIpc) is 2.47. The van der Waals surface area contributed by atoms with Crippen LogP contribution in [0.4, 0.5) is 0 Å². The van der Waals surface area contributed by atoms with Crippen molar-refractivity contribution < 1.29 is 14.7 Å². The molecule has 0 saturated carbocycles. The summed E-state index contributed by atoms with van der Waals surface area (Å²) in [6.45, 7) is 0. The Hall–Kier alpha value is -2.30. The lowest BCUT2D eigenvalue weighted by Crippen LogP contribution is -2.27. The summed E-state index contributed by atoms with van der Waals surface area (Å²) in [5.74, 6) is -1.87. The van der Waals surface area contributed by atoms with Crippen LogP contribution in [0, 0.1) is 0 Å². The van der Waals surface area contributed by atoms with Crippen LogP contribution in [0.5, 0.6) is 0 Å². The second kappa shape index (κ2) is 7.11. The molecule has 0 fully saturated rings. The first kappa shape index (κ1) is 16.1. The second-order valence-corrected chi connectivity index (χ2v) is 5.20. The van der Waals surface area contributed by atoms with Crippen molar-refractivity contribution in [3.63, 3.8) is 0 Å². The summed E-state index contributed by atoms with van der Waals surface area (Å²) in [6.07, 6.45) is 1.37. The van der Waals surface area contributed by atoms with Crippen molar-refractivity contribution in [2.45, 2.75) is 0 Å². The highest BCUT2D eigenvalue weighted by Crippen LogP contribution is 2.21. The Balaban J connectivity index is 2.27. The minimum Gasteiger partial charge on any atom is -0.477 e. The summed E-state index contributed by atoms with van der Waals surface area (Å²) in [5.41, 5.74) is 0.552. The molecule has 0 aliphatic carbocycles. The van der Waals surface area contributed by atoms with E-state index < -0.39 is 11.9 Å². The third-order valence-corrected chi connectivity index (χ3v) is 3.31. The lowest BCUT2D eigenvalue weighted by molar-refractivity contribution is -0.132. The quantitative estimate of drug-likeness (QED) is 0.834. The van der Waals surface area contributed by atoms with Crippen LogP contribution in [0.1, 0.15) is 15.9 Å². The number of aliphatic carboxylic acids is 1. The number of nitrogens with one attached hydrogen (secondary N) is 1. The van der Waals surface area contributed by atoms with Crippen molar-refractivity contribution in [3.05, 3.63) is 75.4 Å². The predicted octanol–water partition coefficient (Wildman–Crippen LogP) is 3.85. The molecule has 1 amide bonds. The van der Waals surface area contributed by atoms with Crippen LogP contribution in [-0.4, -0.2) is 17.0 Å². The van der Waals surface area contributed by atoms with E-state index in [4.69, 9.17) is 23.2 Å². The summed E-state index contributed by atoms with van der Waals surface area (Å²) in [4.78, 5) is 23.4. The minimum atomic E-state index is -1.25. The van der Waals surface area contributed by atoms with Gasteiger partial charge in [-0.05, 0) is 29.8 Å². The van der Waals surface area contributed by atoms with Crippen LogP contribution in [0.15, 0.2) is 54.2 Å². The molecule has 0 saturated heterocycles. The maximum absolute atomic E-state index is 12.1. The molecule has 0 radical (unpaired) electrons. The first-order chi connectivity index (χ1) is 10.5. The van der Waals surface area contributed by atoms with Crippen molar-refractivity contribution in [1.29, 1.82) is 0 Å². The van der Waals surface area contributed by atoms with Crippen molar-refractivity contribution >= 4 is 41.2 Å². The van der Waals surface area contributed by atoms with E-state index in [0.29, 0.717) is 10.6 Å². The Morgan fingerprint density at radius 3 is 2.32 bits per heavy atom. The van der Waals surface area contributed by atoms with E-state index in [1.165, 1.54) is 24.3 Å². The minimum absolute atomic E-state index is 0.145. The van der Waals surface area contributed by atoms with Gasteiger partial charge in [0.15, 0.2) is 0 Å². The Morgan fingerprint density at radius 1 is 1.05 bits per heavy atom. The van der Waals surface area contributed by atoms with Gasteiger partial charge in [-0.25, -0.2) is 4.79 Å². The topological polar surface area (TPSA) is 66.4 Å². The van der Waals surface area contributed by atoms with Gasteiger partial charge < -0.3 is 10.4 Å². The number of hydrogen-bond donors (Lipinski definition) is 2. The first-order valence-corrected chi connectivity index (χ1v) is 6.99. The van der Waals surface area contributed by atoms with Gasteiger partial charge in [0.2, 0.25) is 0 Å². The second-order valence-electron chi connectivity index (χ2n) is 4.35. The third-order valence-electron chi connectivity index (χ3n) is 2.76. The van der Waals surface area contributed by atoms with Crippen LogP contribution in [0.2, 0.25) is 10.0 Å². The molecule has 2 aromatic carbocycles. The molecule has 0 bridgehead atoms. The van der Waals surface area contributed by atoms with E-state index in [-0.39, 0.29) is 16.3 Å². The summed E-state index contributed by atoms with van der Waals surface area (Å²) in [7, 11) is 0. The largest absolute Gasteiger partial charge is 0.477 e. The molecule has 0 aliphatic rings. The van der Waals surface area contributed by atoms with Gasteiger partial charge in [-0.2, -0.15) is 0 Å². The number of halogens is 2. The number of carboxylic acid groups (broad SMARTS) is 1. The highest BCUT2D eigenvalue weighted by molar-refractivity contribution is 6.36. The molecule has 0 unspecified atom stereocenters. The zero-order valence-electron chi connectivity index (χ0n) is 11.2. The summed E-state index contributed by atoms with van der Waals surface area (Å²) in [6, 6.07) is 13.1. The molecular formula is C16H11Cl2NO3. The van der Waals surface area contributed by atoms with Gasteiger partial charge in [0.1, 0.15) is 5.70 Å². The summed E-state index contributed by atoms with van der Waals surface area (Å²) >= 11 is 11.7. The molecule has 22 heavy (non-hydrogen) atoms. The molecule has 0 atom stereocenters. The molecule has 2 N–H and O–H groups in total. The molecule has 0 aromatic heterocycles. The van der Waals surface area contributed by atoms with Crippen LogP contribution in [-0.2, 0) is 4.79 Å². The highest BCUT2D eigenvalue weighted by Gasteiger charge is 2.16. The summed E-state index contributed by atoms with van der Waals surface area (Å²) in [5, 5.41) is 12.1. The lowest BCUT2D eigenvalue weighted by atomic mass is 10.1. The van der Waals surface area contributed by atoms with Crippen molar-refractivity contribution in [3.8, 4) is 0 Å². The van der Waals surface area contributed by atoms with E-state index in [1.54, 1.807) is 24.3 Å². The predicted molar refractivity (Wildman–Crippen MR) is 86.0 cm³/mol. The number of carboxylic acids is 1. The van der Waals surface area contributed by atoms with Crippen molar-refractivity contribution in [1.82, 2.24) is 5.32 Å². The van der Waals surface area contributed by atoms with Gasteiger partial charge in [0.05, 0.1) is 10.6 Å². The Kier molecular flexibility index (Phi) is 5.20. The fourth-order valence-corrected chi connectivity index (χ4v) is 2.22. The zero-order chi connectivity index (χ0) is 16.1. The molecule has 0 spiro atoms. The highest BCUT2D eigenvalue weighted by atomic mass is 35.5. The number of carbonyl (C=O) groups is 2. The van der Waals surface area contributed by atoms with Crippen molar-refractivity contribution in [2.24, 2.45) is 0 Å². The van der Waals surface area contributed by atoms with Crippen LogP contribution in [0.3, 0.4) is 0 Å². The Morgan fingerprint density at radius 2 is 1.73 bits per heavy atom. The normalized spacial score (nSPS) is 11.1. The van der Waals surface area contributed by atoms with Gasteiger partial charge in [-0.3, -0.25) is 4.79 Å². The van der Waals surface area contributed by atoms with Gasteiger partial charge in [0.25, 0.3) is 5.91 Å². The standard InChI is InChI=1S/C16H11Cl2NO3/c17-11-6-7-12(13(18)9-11)15(20)19-14(16(21)22)8-10-4-2-1-3-5-10/h1-9H,(H,19,20)(H,21,22)/b14-8-. The average molecular weight is 336 g/mol. The van der Waals surface area contributed by atoms with E-state index >= 15 is 0 Å². The smallest absolute Gasteiger partial charge is 0.352 e. The van der Waals surface area contributed by atoms with E-state index in [9.17, 15) is 14.7 Å². The van der Waals surface area contributed by atoms with Gasteiger partial charge in [-0.15, -0.1) is 0 Å². The Bertz CT molecular complexity index is 742. The van der Waals surface area contributed by atoms with Crippen LogP contribution in [0.25, 0.3) is 6.08 Å². The van der Waals surface area contributed by atoms with Gasteiger partial charge in [0, 0.05) is 5.02 Å². The number of carbonyl (C=O) groups excluding carboxylic acids is 1. The monoisotopic (exact) mass is 335 g/mol. The van der Waals surface area contributed by atoms with Crippen LogP contribution >= 0.6 is 23.2 Å². The zero-order valence-corrected chi connectivity index (χ0v) is 12.7. The Labute approximate surface area is 137 Å². The van der Waals surface area contributed by atoms with Crippen LogP contribution < -0.4 is 5.32 Å². The fraction of sp³-hybridized carbons (Fsp3) is 0. The molecule has 0 heterocycles. The molecule has 2 rings (SSSR count). The molecular weight excluding hydrogens is 325 g/mol. The maximum Gasteiger partial charge on any atom is 0.352 e. The number of amides is 1. The maximum atomic E-state index is 12.1. The van der Waals surface area contributed by atoms with Gasteiger partial charge in [-0.1, -0.05) is 53.5 Å². The number of rotatable bonds is 4. The lowest BCUT2D eigenvalue weighted by Gasteiger charge is -2.08. The third kappa shape index (κ3) is 4.10. The van der Waals surface area contributed by atoms with Gasteiger partial charge >= 0.3 is 5.97 Å². The molecule has 112 valence electrons. The first-order valence-electron chi connectivity index (χ1n) is 6.24.